The number of aromatic nitrogens is 2. The Morgan fingerprint density at radius 1 is 0.966 bits per heavy atom. The fourth-order valence-electron chi connectivity index (χ4n) is 3.11. The summed E-state index contributed by atoms with van der Waals surface area (Å²) in [6.45, 7) is 2.11. The molecule has 0 saturated carbocycles. The van der Waals surface area contributed by atoms with Crippen molar-refractivity contribution in [2.24, 2.45) is 0 Å². The minimum atomic E-state index is -0.0808. The third kappa shape index (κ3) is 4.58. The average molecular weight is 400 g/mol. The van der Waals surface area contributed by atoms with Gasteiger partial charge in [0.2, 0.25) is 5.91 Å². The van der Waals surface area contributed by atoms with Crippen molar-refractivity contribution in [2.75, 3.05) is 5.32 Å². The summed E-state index contributed by atoms with van der Waals surface area (Å²) < 4.78 is 0. The van der Waals surface area contributed by atoms with Gasteiger partial charge in [0.15, 0.2) is 0 Å². The first-order valence-corrected chi connectivity index (χ1v) is 10.4. The fourth-order valence-corrected chi connectivity index (χ4v) is 4.13. The number of thiazole rings is 1. The molecule has 0 bridgehead atoms. The third-order valence-corrected chi connectivity index (χ3v) is 5.77. The molecule has 0 radical (unpaired) electrons. The second kappa shape index (κ2) is 8.80. The summed E-state index contributed by atoms with van der Waals surface area (Å²) in [7, 11) is 0. The standard InChI is InChI=1S/C24H21N3OS/c1-2-22-27-23(18-11-7-4-8-12-18)24(29-22)19-13-14-25-20(16-19)26-21(28)15-17-9-5-3-6-10-17/h3-14,16H,2,15H2,1H3,(H,25,26,28). The molecule has 0 aliphatic carbocycles. The smallest absolute Gasteiger partial charge is 0.229 e. The quantitative estimate of drug-likeness (QED) is 0.458. The Morgan fingerprint density at radius 3 is 2.41 bits per heavy atom. The monoisotopic (exact) mass is 399 g/mol. The zero-order valence-corrected chi connectivity index (χ0v) is 16.9. The van der Waals surface area contributed by atoms with Crippen molar-refractivity contribution in [3.63, 3.8) is 0 Å². The maximum absolute atomic E-state index is 12.4. The molecule has 5 heteroatoms. The van der Waals surface area contributed by atoms with Gasteiger partial charge in [-0.1, -0.05) is 67.6 Å². The highest BCUT2D eigenvalue weighted by molar-refractivity contribution is 7.15. The second-order valence-corrected chi connectivity index (χ2v) is 7.73. The van der Waals surface area contributed by atoms with Gasteiger partial charge in [-0.2, -0.15) is 0 Å². The predicted octanol–water partition coefficient (Wildman–Crippen LogP) is 5.62. The van der Waals surface area contributed by atoms with Gasteiger partial charge in [0.25, 0.3) is 0 Å². The lowest BCUT2D eigenvalue weighted by Gasteiger charge is -2.07. The van der Waals surface area contributed by atoms with E-state index in [0.29, 0.717) is 12.2 Å². The van der Waals surface area contributed by atoms with E-state index in [9.17, 15) is 4.79 Å². The van der Waals surface area contributed by atoms with E-state index in [0.717, 1.165) is 38.7 Å². The molecule has 0 aliphatic heterocycles. The lowest BCUT2D eigenvalue weighted by atomic mass is 10.1. The van der Waals surface area contributed by atoms with Crippen LogP contribution in [0.3, 0.4) is 0 Å². The van der Waals surface area contributed by atoms with Gasteiger partial charge < -0.3 is 5.32 Å². The molecule has 29 heavy (non-hydrogen) atoms. The Hall–Kier alpha value is -3.31. The van der Waals surface area contributed by atoms with Crippen LogP contribution in [0.2, 0.25) is 0 Å². The normalized spacial score (nSPS) is 10.7. The van der Waals surface area contributed by atoms with Gasteiger partial charge in [0, 0.05) is 11.8 Å². The molecule has 4 aromatic rings. The minimum Gasteiger partial charge on any atom is -0.310 e. The zero-order valence-electron chi connectivity index (χ0n) is 16.1. The van der Waals surface area contributed by atoms with Crippen LogP contribution in [0.15, 0.2) is 79.0 Å². The van der Waals surface area contributed by atoms with Crippen LogP contribution in [0.1, 0.15) is 17.5 Å². The van der Waals surface area contributed by atoms with Crippen molar-refractivity contribution >= 4 is 23.1 Å². The zero-order chi connectivity index (χ0) is 20.1. The number of carbonyl (C=O) groups excluding carboxylic acids is 1. The van der Waals surface area contributed by atoms with Crippen molar-refractivity contribution in [1.82, 2.24) is 9.97 Å². The molecule has 4 nitrogen and oxygen atoms in total. The number of pyridine rings is 1. The molecule has 2 heterocycles. The molecule has 2 aromatic carbocycles. The van der Waals surface area contributed by atoms with Crippen LogP contribution < -0.4 is 5.32 Å². The molecule has 1 amide bonds. The lowest BCUT2D eigenvalue weighted by molar-refractivity contribution is -0.115. The van der Waals surface area contributed by atoms with Crippen molar-refractivity contribution in [1.29, 1.82) is 0 Å². The maximum atomic E-state index is 12.4. The van der Waals surface area contributed by atoms with Crippen LogP contribution in [-0.2, 0) is 17.6 Å². The minimum absolute atomic E-state index is 0.0808. The molecule has 0 fully saturated rings. The Labute approximate surface area is 174 Å². The molecule has 0 aliphatic rings. The number of nitrogens with zero attached hydrogens (tertiary/aromatic N) is 2. The van der Waals surface area contributed by atoms with E-state index in [-0.39, 0.29) is 5.91 Å². The number of carbonyl (C=O) groups is 1. The van der Waals surface area contributed by atoms with Crippen molar-refractivity contribution < 1.29 is 4.79 Å². The number of aryl methyl sites for hydroxylation is 1. The number of amides is 1. The van der Waals surface area contributed by atoms with Crippen molar-refractivity contribution in [3.05, 3.63) is 89.6 Å². The second-order valence-electron chi connectivity index (χ2n) is 6.65. The predicted molar refractivity (Wildman–Crippen MR) is 119 cm³/mol. The molecule has 0 unspecified atom stereocenters. The molecular formula is C24H21N3OS. The van der Waals surface area contributed by atoms with Crippen LogP contribution in [0.25, 0.3) is 21.7 Å². The summed E-state index contributed by atoms with van der Waals surface area (Å²) in [5, 5.41) is 4.00. The van der Waals surface area contributed by atoms with Gasteiger partial charge in [-0.3, -0.25) is 4.79 Å². The number of anilines is 1. The average Bonchev–Trinajstić information content (AvgIpc) is 3.20. The van der Waals surface area contributed by atoms with Crippen LogP contribution in [-0.4, -0.2) is 15.9 Å². The number of hydrogen-bond acceptors (Lipinski definition) is 4. The number of hydrogen-bond donors (Lipinski definition) is 1. The number of nitrogens with one attached hydrogen (secondary N) is 1. The summed E-state index contributed by atoms with van der Waals surface area (Å²) in [6.07, 6.45) is 2.94. The van der Waals surface area contributed by atoms with E-state index in [1.54, 1.807) is 17.5 Å². The van der Waals surface area contributed by atoms with E-state index in [4.69, 9.17) is 4.98 Å². The molecular weight excluding hydrogens is 378 g/mol. The molecule has 1 N–H and O–H groups in total. The highest BCUT2D eigenvalue weighted by Gasteiger charge is 2.15. The molecule has 0 saturated heterocycles. The number of rotatable bonds is 6. The molecule has 0 spiro atoms. The SMILES string of the molecule is CCc1nc(-c2ccccc2)c(-c2ccnc(NC(=O)Cc3ccccc3)c2)s1. The van der Waals surface area contributed by atoms with Gasteiger partial charge in [0.05, 0.1) is 22.0 Å². The fraction of sp³-hybridized carbons (Fsp3) is 0.125. The molecule has 0 atom stereocenters. The summed E-state index contributed by atoms with van der Waals surface area (Å²) in [5.74, 6) is 0.469. The highest BCUT2D eigenvalue weighted by atomic mass is 32.1. The van der Waals surface area contributed by atoms with Crippen LogP contribution in [0, 0.1) is 0 Å². The van der Waals surface area contributed by atoms with Gasteiger partial charge in [-0.15, -0.1) is 11.3 Å². The van der Waals surface area contributed by atoms with Crippen LogP contribution in [0.4, 0.5) is 5.82 Å². The first-order chi connectivity index (χ1) is 14.2. The van der Waals surface area contributed by atoms with Crippen LogP contribution >= 0.6 is 11.3 Å². The van der Waals surface area contributed by atoms with Gasteiger partial charge in [-0.25, -0.2) is 9.97 Å². The van der Waals surface area contributed by atoms with Crippen LogP contribution in [0.5, 0.6) is 0 Å². The first-order valence-electron chi connectivity index (χ1n) is 9.58. The van der Waals surface area contributed by atoms with E-state index in [2.05, 4.69) is 29.4 Å². The largest absolute Gasteiger partial charge is 0.310 e. The number of benzene rings is 2. The maximum Gasteiger partial charge on any atom is 0.229 e. The molecule has 4 rings (SSSR count). The van der Waals surface area contributed by atoms with E-state index < -0.39 is 0 Å². The Kier molecular flexibility index (Phi) is 5.77. The Bertz CT molecular complexity index is 1110. The molecule has 2 aromatic heterocycles. The van der Waals surface area contributed by atoms with E-state index in [1.807, 2.05) is 60.7 Å². The summed E-state index contributed by atoms with van der Waals surface area (Å²) in [4.78, 5) is 22.7. The van der Waals surface area contributed by atoms with Gasteiger partial charge >= 0.3 is 0 Å². The topological polar surface area (TPSA) is 54.9 Å². The van der Waals surface area contributed by atoms with Gasteiger partial charge in [-0.05, 0) is 29.7 Å². The third-order valence-electron chi connectivity index (χ3n) is 4.52. The van der Waals surface area contributed by atoms with E-state index in [1.165, 1.54) is 0 Å². The van der Waals surface area contributed by atoms with Crippen molar-refractivity contribution in [2.45, 2.75) is 19.8 Å². The molecule has 144 valence electrons. The Morgan fingerprint density at radius 2 is 1.69 bits per heavy atom. The van der Waals surface area contributed by atoms with Crippen molar-refractivity contribution in [3.8, 4) is 21.7 Å². The first kappa shape index (κ1) is 19.0. The summed E-state index contributed by atoms with van der Waals surface area (Å²) >= 11 is 1.69. The lowest BCUT2D eigenvalue weighted by Crippen LogP contribution is -2.15. The highest BCUT2D eigenvalue weighted by Crippen LogP contribution is 2.37. The van der Waals surface area contributed by atoms with Gasteiger partial charge in [0.1, 0.15) is 5.82 Å². The Balaban J connectivity index is 1.61. The summed E-state index contributed by atoms with van der Waals surface area (Å²) in [6, 6.07) is 23.8. The summed E-state index contributed by atoms with van der Waals surface area (Å²) in [5.41, 5.74) is 4.04. The van der Waals surface area contributed by atoms with E-state index >= 15 is 0 Å².